The Bertz CT molecular complexity index is 289. The highest BCUT2D eigenvalue weighted by Gasteiger charge is 2.42. The first-order valence-corrected chi connectivity index (χ1v) is 5.62. The molecule has 1 saturated heterocycles. The lowest BCUT2D eigenvalue weighted by atomic mass is 9.97. The second-order valence-corrected chi connectivity index (χ2v) is 4.68. The minimum atomic E-state index is -0.710. The average Bonchev–Trinajstić information content (AvgIpc) is 2.23. The summed E-state index contributed by atoms with van der Waals surface area (Å²) in [6.07, 6.45) is 0.441. The van der Waals surface area contributed by atoms with E-state index in [1.165, 1.54) is 0 Å². The van der Waals surface area contributed by atoms with Crippen LogP contribution in [0.1, 0.15) is 20.3 Å². The Morgan fingerprint density at radius 1 is 1.44 bits per heavy atom. The molecular weight excluding hydrogens is 206 g/mol. The van der Waals surface area contributed by atoms with Crippen molar-refractivity contribution in [3.05, 3.63) is 0 Å². The fraction of sp³-hybridized carbons (Fsp3) is 0.818. The van der Waals surface area contributed by atoms with Gasteiger partial charge in [-0.05, 0) is 20.9 Å². The van der Waals surface area contributed by atoms with Crippen molar-refractivity contribution in [3.63, 3.8) is 0 Å². The molecule has 0 saturated carbocycles. The maximum atomic E-state index is 12.0. The van der Waals surface area contributed by atoms with Crippen molar-refractivity contribution in [2.24, 2.45) is 0 Å². The summed E-state index contributed by atoms with van der Waals surface area (Å²) in [6, 6.07) is 0. The summed E-state index contributed by atoms with van der Waals surface area (Å²) < 4.78 is 0. The van der Waals surface area contributed by atoms with E-state index in [1.54, 1.807) is 16.8 Å². The number of nitrogens with zero attached hydrogens (tertiary/aromatic N) is 2. The van der Waals surface area contributed by atoms with Crippen LogP contribution in [0.2, 0.25) is 0 Å². The van der Waals surface area contributed by atoms with Crippen molar-refractivity contribution in [2.75, 3.05) is 33.7 Å². The largest absolute Gasteiger partial charge is 0.342 e. The van der Waals surface area contributed by atoms with Gasteiger partial charge in [0.05, 0.1) is 0 Å². The summed E-state index contributed by atoms with van der Waals surface area (Å²) in [7, 11) is 3.59. The van der Waals surface area contributed by atoms with Gasteiger partial charge in [-0.25, -0.2) is 0 Å². The highest BCUT2D eigenvalue weighted by Crippen LogP contribution is 2.22. The Balaban J connectivity index is 2.73. The molecule has 0 aromatic carbocycles. The van der Waals surface area contributed by atoms with Gasteiger partial charge in [0.25, 0.3) is 0 Å². The summed E-state index contributed by atoms with van der Waals surface area (Å²) in [6.45, 7) is 5.51. The highest BCUT2D eigenvalue weighted by atomic mass is 16.2. The van der Waals surface area contributed by atoms with Gasteiger partial charge in [-0.2, -0.15) is 0 Å². The molecule has 0 spiro atoms. The molecule has 16 heavy (non-hydrogen) atoms. The van der Waals surface area contributed by atoms with Gasteiger partial charge in [0, 0.05) is 33.1 Å². The molecule has 1 aliphatic heterocycles. The van der Waals surface area contributed by atoms with E-state index in [9.17, 15) is 9.59 Å². The number of hydrogen-bond acceptors (Lipinski definition) is 3. The van der Waals surface area contributed by atoms with Gasteiger partial charge in [-0.1, -0.05) is 0 Å². The zero-order valence-electron chi connectivity index (χ0n) is 10.5. The predicted octanol–water partition coefficient (Wildman–Crippen LogP) is -0.325. The molecule has 5 nitrogen and oxygen atoms in total. The second kappa shape index (κ2) is 4.82. The summed E-state index contributed by atoms with van der Waals surface area (Å²) in [5, 5.41) is 2.94. The third-order valence-electron chi connectivity index (χ3n) is 3.09. The van der Waals surface area contributed by atoms with E-state index in [4.69, 9.17) is 0 Å². The SMILES string of the molecule is CNCCC(=O)N1CCN(C)C(=O)C1(C)C. The van der Waals surface area contributed by atoms with Gasteiger partial charge in [0.2, 0.25) is 11.8 Å². The van der Waals surface area contributed by atoms with Crippen molar-refractivity contribution in [3.8, 4) is 0 Å². The van der Waals surface area contributed by atoms with Crippen molar-refractivity contribution < 1.29 is 9.59 Å². The van der Waals surface area contributed by atoms with Crippen LogP contribution in [0, 0.1) is 0 Å². The first kappa shape index (κ1) is 13.0. The fourth-order valence-electron chi connectivity index (χ4n) is 2.02. The van der Waals surface area contributed by atoms with Crippen molar-refractivity contribution in [1.29, 1.82) is 0 Å². The molecule has 2 amide bonds. The van der Waals surface area contributed by atoms with E-state index < -0.39 is 5.54 Å². The summed E-state index contributed by atoms with van der Waals surface area (Å²) >= 11 is 0. The van der Waals surface area contributed by atoms with Crippen LogP contribution in [0.3, 0.4) is 0 Å². The normalized spacial score (nSPS) is 20.1. The first-order valence-electron chi connectivity index (χ1n) is 5.62. The first-order chi connectivity index (χ1) is 7.41. The Morgan fingerprint density at radius 2 is 2.06 bits per heavy atom. The number of rotatable bonds is 3. The summed E-state index contributed by atoms with van der Waals surface area (Å²) in [5.74, 6) is 0.0531. The zero-order chi connectivity index (χ0) is 12.3. The number of hydrogen-bond donors (Lipinski definition) is 1. The van der Waals surface area contributed by atoms with Gasteiger partial charge in [0.15, 0.2) is 0 Å². The van der Waals surface area contributed by atoms with Crippen LogP contribution in [0.5, 0.6) is 0 Å². The lowest BCUT2D eigenvalue weighted by Gasteiger charge is -2.44. The second-order valence-electron chi connectivity index (χ2n) is 4.68. The molecule has 1 heterocycles. The number of amides is 2. The van der Waals surface area contributed by atoms with E-state index in [0.717, 1.165) is 0 Å². The molecule has 0 bridgehead atoms. The van der Waals surface area contributed by atoms with Crippen molar-refractivity contribution in [1.82, 2.24) is 15.1 Å². The van der Waals surface area contributed by atoms with Gasteiger partial charge in [-0.15, -0.1) is 0 Å². The van der Waals surface area contributed by atoms with E-state index in [2.05, 4.69) is 5.32 Å². The van der Waals surface area contributed by atoms with Crippen LogP contribution >= 0.6 is 0 Å². The number of carbonyl (C=O) groups excluding carboxylic acids is 2. The minimum absolute atomic E-state index is 0.0107. The molecule has 0 unspecified atom stereocenters. The molecule has 0 atom stereocenters. The molecule has 5 heteroatoms. The summed E-state index contributed by atoms with van der Waals surface area (Å²) in [4.78, 5) is 27.3. The lowest BCUT2D eigenvalue weighted by molar-refractivity contribution is -0.157. The maximum Gasteiger partial charge on any atom is 0.247 e. The van der Waals surface area contributed by atoms with Crippen molar-refractivity contribution in [2.45, 2.75) is 25.8 Å². The predicted molar refractivity (Wildman–Crippen MR) is 62.0 cm³/mol. The maximum absolute atomic E-state index is 12.0. The van der Waals surface area contributed by atoms with Gasteiger partial charge < -0.3 is 15.1 Å². The molecule has 1 fully saturated rings. The van der Waals surface area contributed by atoms with Gasteiger partial charge in [-0.3, -0.25) is 9.59 Å². The fourth-order valence-corrected chi connectivity index (χ4v) is 2.02. The molecule has 0 aromatic heterocycles. The van der Waals surface area contributed by atoms with Crippen LogP contribution in [-0.2, 0) is 9.59 Å². The molecule has 92 valence electrons. The number of likely N-dealkylation sites (N-methyl/N-ethyl adjacent to an activating group) is 1. The Kier molecular flexibility index (Phi) is 3.91. The molecule has 1 N–H and O–H groups in total. The number of piperazine rings is 1. The molecular formula is C11H21N3O2. The van der Waals surface area contributed by atoms with Gasteiger partial charge in [0.1, 0.15) is 5.54 Å². The lowest BCUT2D eigenvalue weighted by Crippen LogP contribution is -2.63. The topological polar surface area (TPSA) is 52.7 Å². The number of carbonyl (C=O) groups is 2. The quantitative estimate of drug-likeness (QED) is 0.718. The molecule has 1 rings (SSSR count). The Hall–Kier alpha value is -1.10. The van der Waals surface area contributed by atoms with E-state index in [-0.39, 0.29) is 11.8 Å². The molecule has 0 radical (unpaired) electrons. The van der Waals surface area contributed by atoms with E-state index in [1.807, 2.05) is 20.9 Å². The smallest absolute Gasteiger partial charge is 0.247 e. The van der Waals surface area contributed by atoms with Gasteiger partial charge >= 0.3 is 0 Å². The zero-order valence-corrected chi connectivity index (χ0v) is 10.5. The van der Waals surface area contributed by atoms with Crippen LogP contribution in [0.25, 0.3) is 0 Å². The Labute approximate surface area is 96.8 Å². The molecule has 0 aromatic rings. The van der Waals surface area contributed by atoms with E-state index >= 15 is 0 Å². The standard InChI is InChI=1S/C11H21N3O2/c1-11(2)10(16)13(4)7-8-14(11)9(15)5-6-12-3/h12H,5-8H2,1-4H3. The monoisotopic (exact) mass is 227 g/mol. The molecule has 1 aliphatic rings. The van der Waals surface area contributed by atoms with Crippen molar-refractivity contribution >= 4 is 11.8 Å². The summed E-state index contributed by atoms with van der Waals surface area (Å²) in [5.41, 5.74) is -0.710. The highest BCUT2D eigenvalue weighted by molar-refractivity contribution is 5.91. The molecule has 0 aliphatic carbocycles. The average molecular weight is 227 g/mol. The van der Waals surface area contributed by atoms with Crippen LogP contribution in [-0.4, -0.2) is 60.9 Å². The van der Waals surface area contributed by atoms with Crippen LogP contribution < -0.4 is 5.32 Å². The third kappa shape index (κ3) is 2.35. The Morgan fingerprint density at radius 3 is 2.62 bits per heavy atom. The third-order valence-corrected chi connectivity index (χ3v) is 3.09. The minimum Gasteiger partial charge on any atom is -0.342 e. The van der Waals surface area contributed by atoms with E-state index in [0.29, 0.717) is 26.1 Å². The van der Waals surface area contributed by atoms with Crippen LogP contribution in [0.15, 0.2) is 0 Å². The van der Waals surface area contributed by atoms with Crippen LogP contribution in [0.4, 0.5) is 0 Å². The number of nitrogens with one attached hydrogen (secondary N) is 1.